The number of sulfonamides is 1. The molecular weight excluding hydrogens is 380 g/mol. The highest BCUT2D eigenvalue weighted by Gasteiger charge is 2.15. The Bertz CT molecular complexity index is 869. The monoisotopic (exact) mass is 398 g/mol. The van der Waals surface area contributed by atoms with Crippen LogP contribution >= 0.6 is 11.6 Å². The molecule has 0 saturated heterocycles. The number of carbonyl (C=O) groups excluding carboxylic acids is 1. The van der Waals surface area contributed by atoms with Crippen LogP contribution in [-0.2, 0) is 14.8 Å². The van der Waals surface area contributed by atoms with E-state index in [4.69, 9.17) is 21.1 Å². The van der Waals surface area contributed by atoms with E-state index in [-0.39, 0.29) is 4.90 Å². The second-order valence-electron chi connectivity index (χ2n) is 5.28. The summed E-state index contributed by atoms with van der Waals surface area (Å²) in [5, 5.41) is 0.360. The summed E-state index contributed by atoms with van der Waals surface area (Å²) < 4.78 is 34.8. The summed E-state index contributed by atoms with van der Waals surface area (Å²) in [6, 6.07) is 11.0. The van der Waals surface area contributed by atoms with Crippen molar-refractivity contribution < 1.29 is 22.7 Å². The maximum atomic E-state index is 12.2. The Kier molecular flexibility index (Phi) is 6.84. The number of halogens is 1. The van der Waals surface area contributed by atoms with Gasteiger partial charge in [-0.2, -0.15) is 0 Å². The van der Waals surface area contributed by atoms with Gasteiger partial charge < -0.3 is 9.47 Å². The molecule has 2 rings (SSSR count). The van der Waals surface area contributed by atoms with Crippen molar-refractivity contribution in [3.8, 4) is 11.5 Å². The molecule has 0 radical (unpaired) electrons. The molecule has 2 aromatic rings. The fourth-order valence-corrected chi connectivity index (χ4v) is 3.00. The Hall–Kier alpha value is -2.29. The van der Waals surface area contributed by atoms with Crippen LogP contribution in [0.5, 0.6) is 11.5 Å². The Balaban J connectivity index is 1.90. The summed E-state index contributed by atoms with van der Waals surface area (Å²) in [6.45, 7) is 3.77. The summed E-state index contributed by atoms with van der Waals surface area (Å²) in [5.74, 6) is 0.229. The maximum absolute atomic E-state index is 12.2. The predicted octanol–water partition coefficient (Wildman–Crippen LogP) is 2.44. The largest absolute Gasteiger partial charge is 0.494 e. The van der Waals surface area contributed by atoms with Crippen LogP contribution in [0.3, 0.4) is 0 Å². The van der Waals surface area contributed by atoms with Gasteiger partial charge in [0.15, 0.2) is 6.61 Å². The molecule has 140 valence electrons. The van der Waals surface area contributed by atoms with Gasteiger partial charge in [0.2, 0.25) is 0 Å². The second-order valence-corrected chi connectivity index (χ2v) is 7.37. The number of nitrogens with one attached hydrogen (secondary N) is 2. The minimum Gasteiger partial charge on any atom is -0.494 e. The van der Waals surface area contributed by atoms with E-state index in [0.29, 0.717) is 23.1 Å². The number of rotatable bonds is 8. The average molecular weight is 399 g/mol. The van der Waals surface area contributed by atoms with Crippen molar-refractivity contribution >= 4 is 27.5 Å². The van der Waals surface area contributed by atoms with Crippen molar-refractivity contribution in [1.82, 2.24) is 10.3 Å². The van der Waals surface area contributed by atoms with Crippen molar-refractivity contribution in [3.05, 3.63) is 53.1 Å². The molecule has 7 nitrogen and oxygen atoms in total. The van der Waals surface area contributed by atoms with Gasteiger partial charge in [0.05, 0.1) is 16.5 Å². The molecule has 26 heavy (non-hydrogen) atoms. The van der Waals surface area contributed by atoms with E-state index in [9.17, 15) is 13.2 Å². The quantitative estimate of drug-likeness (QED) is 0.666. The van der Waals surface area contributed by atoms with E-state index in [1.54, 1.807) is 18.2 Å². The molecule has 0 aliphatic heterocycles. The van der Waals surface area contributed by atoms with Crippen molar-refractivity contribution in [2.75, 3.05) is 13.2 Å². The van der Waals surface area contributed by atoms with Crippen molar-refractivity contribution in [2.24, 2.45) is 0 Å². The zero-order valence-electron chi connectivity index (χ0n) is 14.3. The molecule has 2 N–H and O–H groups in total. The van der Waals surface area contributed by atoms with Crippen LogP contribution in [-0.4, -0.2) is 27.5 Å². The fraction of sp³-hybridized carbons (Fsp3) is 0.235. The van der Waals surface area contributed by atoms with Crippen molar-refractivity contribution in [3.63, 3.8) is 0 Å². The normalized spacial score (nSPS) is 11.0. The number of hydrogen-bond donors (Lipinski definition) is 2. The first-order chi connectivity index (χ1) is 12.3. The molecule has 0 bridgehead atoms. The lowest BCUT2D eigenvalue weighted by molar-refractivity contribution is -0.123. The third-order valence-electron chi connectivity index (χ3n) is 3.22. The highest BCUT2D eigenvalue weighted by molar-refractivity contribution is 7.89. The average Bonchev–Trinajstić information content (AvgIpc) is 2.61. The zero-order chi connectivity index (χ0) is 19.2. The molecule has 0 atom stereocenters. The van der Waals surface area contributed by atoms with Crippen LogP contribution in [0.25, 0.3) is 0 Å². The first kappa shape index (κ1) is 20.0. The summed E-state index contributed by atoms with van der Waals surface area (Å²) >= 11 is 5.97. The highest BCUT2D eigenvalue weighted by Crippen LogP contribution is 2.25. The standard InChI is InChI=1S/C17H19ClN2O5S/c1-3-24-13-5-7-14(8-6-13)26(22,23)20-19-17(21)11-25-16-10-12(2)4-9-15(16)18/h4-10,20H,3,11H2,1-2H3,(H,19,21). The number of hydrazine groups is 1. The molecular formula is C17H19ClN2O5S. The third kappa shape index (κ3) is 5.62. The Morgan fingerprint density at radius 2 is 1.81 bits per heavy atom. The lowest BCUT2D eigenvalue weighted by Gasteiger charge is -2.11. The van der Waals surface area contributed by atoms with E-state index < -0.39 is 22.5 Å². The number of ether oxygens (including phenoxy) is 2. The van der Waals surface area contributed by atoms with E-state index in [0.717, 1.165) is 5.56 Å². The number of benzene rings is 2. The van der Waals surface area contributed by atoms with Gasteiger partial charge in [-0.3, -0.25) is 10.2 Å². The van der Waals surface area contributed by atoms with Gasteiger partial charge in [-0.25, -0.2) is 8.42 Å². The van der Waals surface area contributed by atoms with E-state index in [1.807, 2.05) is 18.7 Å². The highest BCUT2D eigenvalue weighted by atomic mass is 35.5. The van der Waals surface area contributed by atoms with Gasteiger partial charge in [-0.1, -0.05) is 17.7 Å². The second kappa shape index (κ2) is 8.88. The first-order valence-electron chi connectivity index (χ1n) is 7.74. The van der Waals surface area contributed by atoms with Crippen LogP contribution in [0, 0.1) is 6.92 Å². The van der Waals surface area contributed by atoms with Crippen LogP contribution in [0.2, 0.25) is 5.02 Å². The van der Waals surface area contributed by atoms with E-state index >= 15 is 0 Å². The maximum Gasteiger partial charge on any atom is 0.272 e. The van der Waals surface area contributed by atoms with Gasteiger partial charge in [0.25, 0.3) is 15.9 Å². The van der Waals surface area contributed by atoms with Crippen molar-refractivity contribution in [2.45, 2.75) is 18.7 Å². The minimum atomic E-state index is -3.90. The van der Waals surface area contributed by atoms with Crippen LogP contribution < -0.4 is 19.7 Å². The summed E-state index contributed by atoms with van der Waals surface area (Å²) in [7, 11) is -3.90. The SMILES string of the molecule is CCOc1ccc(S(=O)(=O)NNC(=O)COc2cc(C)ccc2Cl)cc1. The summed E-state index contributed by atoms with van der Waals surface area (Å²) in [5.41, 5.74) is 3.01. The van der Waals surface area contributed by atoms with Gasteiger partial charge in [0.1, 0.15) is 11.5 Å². The number of aryl methyl sites for hydroxylation is 1. The molecule has 0 aliphatic rings. The molecule has 2 aromatic carbocycles. The fourth-order valence-electron chi connectivity index (χ4n) is 1.97. The molecule has 1 amide bonds. The molecule has 0 aromatic heterocycles. The smallest absolute Gasteiger partial charge is 0.272 e. The summed E-state index contributed by atoms with van der Waals surface area (Å²) in [4.78, 5) is 13.8. The van der Waals surface area contributed by atoms with Crippen LogP contribution in [0.4, 0.5) is 0 Å². The van der Waals surface area contributed by atoms with Gasteiger partial charge >= 0.3 is 0 Å². The first-order valence-corrected chi connectivity index (χ1v) is 9.60. The molecule has 0 saturated carbocycles. The third-order valence-corrected chi connectivity index (χ3v) is 4.79. The molecule has 0 fully saturated rings. The molecule has 0 heterocycles. The molecule has 0 unspecified atom stereocenters. The van der Waals surface area contributed by atoms with Gasteiger partial charge in [-0.05, 0) is 55.8 Å². The van der Waals surface area contributed by atoms with Crippen molar-refractivity contribution in [1.29, 1.82) is 0 Å². The molecule has 9 heteroatoms. The Morgan fingerprint density at radius 3 is 2.46 bits per heavy atom. The predicted molar refractivity (Wildman–Crippen MR) is 97.8 cm³/mol. The van der Waals surface area contributed by atoms with E-state index in [1.165, 1.54) is 24.3 Å². The Morgan fingerprint density at radius 1 is 1.12 bits per heavy atom. The Labute approximate surface area is 157 Å². The van der Waals surface area contributed by atoms with Gasteiger partial charge in [-0.15, -0.1) is 4.83 Å². The number of carbonyl (C=O) groups is 1. The number of amides is 1. The minimum absolute atomic E-state index is 0.0103. The number of hydrogen-bond acceptors (Lipinski definition) is 5. The van der Waals surface area contributed by atoms with Crippen LogP contribution in [0.1, 0.15) is 12.5 Å². The summed E-state index contributed by atoms with van der Waals surface area (Å²) in [6.07, 6.45) is 0. The van der Waals surface area contributed by atoms with E-state index in [2.05, 4.69) is 5.43 Å². The van der Waals surface area contributed by atoms with Gasteiger partial charge in [0, 0.05) is 0 Å². The van der Waals surface area contributed by atoms with Crippen LogP contribution in [0.15, 0.2) is 47.4 Å². The topological polar surface area (TPSA) is 93.7 Å². The zero-order valence-corrected chi connectivity index (χ0v) is 15.9. The lowest BCUT2D eigenvalue weighted by atomic mass is 10.2. The molecule has 0 spiro atoms. The molecule has 0 aliphatic carbocycles. The lowest BCUT2D eigenvalue weighted by Crippen LogP contribution is -2.43.